The van der Waals surface area contributed by atoms with Crippen LogP contribution in [0.25, 0.3) is 10.9 Å². The van der Waals surface area contributed by atoms with Crippen molar-refractivity contribution in [1.29, 1.82) is 0 Å². The van der Waals surface area contributed by atoms with Gasteiger partial charge in [-0.1, -0.05) is 54.2 Å². The fourth-order valence-corrected chi connectivity index (χ4v) is 6.43. The van der Waals surface area contributed by atoms with Crippen molar-refractivity contribution in [2.45, 2.75) is 11.7 Å². The molecular formula is C32H35N5O4S. The molecule has 0 unspecified atom stereocenters. The van der Waals surface area contributed by atoms with Gasteiger partial charge in [0.05, 0.1) is 49.2 Å². The summed E-state index contributed by atoms with van der Waals surface area (Å²) in [5.41, 5.74) is 3.59. The highest BCUT2D eigenvalue weighted by Gasteiger charge is 2.24. The molecule has 218 valence electrons. The summed E-state index contributed by atoms with van der Waals surface area (Å²) in [6.07, 6.45) is 0. The number of methoxy groups -OCH3 is 1. The van der Waals surface area contributed by atoms with Crippen LogP contribution in [0.5, 0.6) is 5.75 Å². The number of amides is 1. The van der Waals surface area contributed by atoms with Gasteiger partial charge in [0.15, 0.2) is 5.16 Å². The van der Waals surface area contributed by atoms with Crippen LogP contribution in [0.15, 0.2) is 82.7 Å². The third kappa shape index (κ3) is 6.10. The highest BCUT2D eigenvalue weighted by atomic mass is 32.2. The van der Waals surface area contributed by atoms with Gasteiger partial charge >= 0.3 is 0 Å². The Hall–Kier alpha value is -4.02. The van der Waals surface area contributed by atoms with Gasteiger partial charge in [-0.2, -0.15) is 0 Å². The van der Waals surface area contributed by atoms with Crippen molar-refractivity contribution in [3.63, 3.8) is 0 Å². The highest BCUT2D eigenvalue weighted by Crippen LogP contribution is 2.29. The summed E-state index contributed by atoms with van der Waals surface area (Å²) >= 11 is 1.33. The normalized spacial score (nSPS) is 15.7. The van der Waals surface area contributed by atoms with Gasteiger partial charge in [-0.25, -0.2) is 4.98 Å². The van der Waals surface area contributed by atoms with Gasteiger partial charge in [-0.15, -0.1) is 0 Å². The second-order valence-electron chi connectivity index (χ2n) is 10.4. The second-order valence-corrected chi connectivity index (χ2v) is 11.3. The molecule has 2 fully saturated rings. The summed E-state index contributed by atoms with van der Waals surface area (Å²) in [6, 6.07) is 23.7. The number of piperazine rings is 1. The smallest absolute Gasteiger partial charge is 0.262 e. The molecule has 42 heavy (non-hydrogen) atoms. The van der Waals surface area contributed by atoms with Crippen LogP contribution in [0.1, 0.15) is 5.56 Å². The van der Waals surface area contributed by atoms with Gasteiger partial charge in [0.2, 0.25) is 5.91 Å². The van der Waals surface area contributed by atoms with E-state index in [4.69, 9.17) is 14.5 Å². The van der Waals surface area contributed by atoms with Crippen molar-refractivity contribution in [2.24, 2.45) is 0 Å². The molecule has 10 heteroatoms. The number of ether oxygens (including phenoxy) is 2. The zero-order valence-electron chi connectivity index (χ0n) is 23.8. The Morgan fingerprint density at radius 2 is 1.64 bits per heavy atom. The zero-order chi connectivity index (χ0) is 28.9. The maximum absolute atomic E-state index is 13.9. The average Bonchev–Trinajstić information content (AvgIpc) is 3.06. The number of hydrogen-bond acceptors (Lipinski definition) is 8. The summed E-state index contributed by atoms with van der Waals surface area (Å²) in [4.78, 5) is 38.5. The summed E-state index contributed by atoms with van der Waals surface area (Å²) in [5.74, 6) is 1.10. The monoisotopic (exact) mass is 585 g/mol. The quantitative estimate of drug-likeness (QED) is 0.229. The molecule has 1 amide bonds. The first-order chi connectivity index (χ1) is 20.6. The lowest BCUT2D eigenvalue weighted by Crippen LogP contribution is -2.49. The molecule has 9 nitrogen and oxygen atoms in total. The first kappa shape index (κ1) is 28.1. The van der Waals surface area contributed by atoms with Crippen LogP contribution >= 0.6 is 11.8 Å². The largest absolute Gasteiger partial charge is 0.495 e. The maximum Gasteiger partial charge on any atom is 0.262 e. The lowest BCUT2D eigenvalue weighted by molar-refractivity contribution is -0.128. The summed E-state index contributed by atoms with van der Waals surface area (Å²) in [5, 5.41) is 1.13. The van der Waals surface area contributed by atoms with Crippen LogP contribution in [-0.2, 0) is 16.1 Å². The molecular weight excluding hydrogens is 550 g/mol. The van der Waals surface area contributed by atoms with Gasteiger partial charge in [-0.05, 0) is 35.9 Å². The number of morpholine rings is 1. The van der Waals surface area contributed by atoms with Gasteiger partial charge in [0, 0.05) is 45.0 Å². The minimum atomic E-state index is -0.0978. The average molecular weight is 586 g/mol. The van der Waals surface area contributed by atoms with Crippen LogP contribution in [-0.4, -0.2) is 85.7 Å². The summed E-state index contributed by atoms with van der Waals surface area (Å²) in [6.45, 7) is 6.04. The predicted octanol–water partition coefficient (Wildman–Crippen LogP) is 3.73. The minimum Gasteiger partial charge on any atom is -0.495 e. The number of thioether (sulfide) groups is 1. The van der Waals surface area contributed by atoms with Crippen LogP contribution in [0.3, 0.4) is 0 Å². The Kier molecular flexibility index (Phi) is 8.62. The SMILES string of the molecule is COc1ccccc1N1CCN(C(=O)CSc2nc3ccc(N4CCOCC4)cc3c(=O)n2Cc2ccccc2)CC1. The Bertz CT molecular complexity index is 1600. The molecule has 0 saturated carbocycles. The number of rotatable bonds is 8. The number of aromatic nitrogens is 2. The van der Waals surface area contributed by atoms with E-state index < -0.39 is 0 Å². The van der Waals surface area contributed by atoms with E-state index in [-0.39, 0.29) is 17.2 Å². The number of anilines is 2. The molecule has 0 radical (unpaired) electrons. The molecule has 3 aromatic carbocycles. The molecule has 0 aliphatic carbocycles. The lowest BCUT2D eigenvalue weighted by atomic mass is 10.2. The molecule has 2 aliphatic rings. The zero-order valence-corrected chi connectivity index (χ0v) is 24.6. The van der Waals surface area contributed by atoms with Crippen LogP contribution in [0.4, 0.5) is 11.4 Å². The second kappa shape index (κ2) is 12.9. The van der Waals surface area contributed by atoms with Crippen LogP contribution in [0.2, 0.25) is 0 Å². The van der Waals surface area contributed by atoms with E-state index >= 15 is 0 Å². The molecule has 3 heterocycles. The van der Waals surface area contributed by atoms with Gasteiger partial charge < -0.3 is 24.2 Å². The molecule has 0 atom stereocenters. The van der Waals surface area contributed by atoms with E-state index in [0.29, 0.717) is 48.9 Å². The summed E-state index contributed by atoms with van der Waals surface area (Å²) in [7, 11) is 1.68. The Balaban J connectivity index is 1.20. The highest BCUT2D eigenvalue weighted by molar-refractivity contribution is 7.99. The number of para-hydroxylation sites is 2. The van der Waals surface area contributed by atoms with Crippen molar-refractivity contribution in [3.8, 4) is 5.75 Å². The first-order valence-corrected chi connectivity index (χ1v) is 15.3. The van der Waals surface area contributed by atoms with Crippen molar-refractivity contribution < 1.29 is 14.3 Å². The van der Waals surface area contributed by atoms with Crippen LogP contribution in [0, 0.1) is 0 Å². The lowest BCUT2D eigenvalue weighted by Gasteiger charge is -2.36. The van der Waals surface area contributed by atoms with Gasteiger partial charge in [-0.3, -0.25) is 14.2 Å². The summed E-state index contributed by atoms with van der Waals surface area (Å²) < 4.78 is 12.7. The standard InChI is InChI=1S/C32H35N5O4S/c1-40-29-10-6-5-9-28(29)35-13-15-36(16-14-35)30(38)23-42-32-33-27-12-11-25(34-17-19-41-20-18-34)21-26(27)31(39)37(32)22-24-7-3-2-4-8-24/h2-12,21H,13-20,22-23H2,1H3. The molecule has 2 aliphatic heterocycles. The van der Waals surface area contributed by atoms with E-state index in [1.807, 2.05) is 77.7 Å². The van der Waals surface area contributed by atoms with E-state index in [0.717, 1.165) is 48.9 Å². The number of nitrogens with zero attached hydrogens (tertiary/aromatic N) is 5. The fourth-order valence-electron chi connectivity index (χ4n) is 5.53. The fraction of sp³-hybridized carbons (Fsp3) is 0.344. The molecule has 0 N–H and O–H groups in total. The van der Waals surface area contributed by atoms with Crippen molar-refractivity contribution in [2.75, 3.05) is 75.1 Å². The Morgan fingerprint density at radius 1 is 0.905 bits per heavy atom. The number of carbonyl (C=O) groups excluding carboxylic acids is 1. The third-order valence-corrected chi connectivity index (χ3v) is 8.81. The van der Waals surface area contributed by atoms with E-state index in [1.54, 1.807) is 11.7 Å². The van der Waals surface area contributed by atoms with Crippen molar-refractivity contribution >= 4 is 39.9 Å². The molecule has 1 aromatic heterocycles. The van der Waals surface area contributed by atoms with E-state index in [2.05, 4.69) is 9.80 Å². The van der Waals surface area contributed by atoms with Gasteiger partial charge in [0.25, 0.3) is 5.56 Å². The first-order valence-electron chi connectivity index (χ1n) is 14.3. The maximum atomic E-state index is 13.9. The number of hydrogen-bond donors (Lipinski definition) is 0. The molecule has 4 aromatic rings. The van der Waals surface area contributed by atoms with E-state index in [1.165, 1.54) is 11.8 Å². The molecule has 0 spiro atoms. The molecule has 2 saturated heterocycles. The predicted molar refractivity (Wildman–Crippen MR) is 167 cm³/mol. The topological polar surface area (TPSA) is 80.1 Å². The van der Waals surface area contributed by atoms with Gasteiger partial charge in [0.1, 0.15) is 5.75 Å². The Morgan fingerprint density at radius 3 is 2.40 bits per heavy atom. The van der Waals surface area contributed by atoms with E-state index in [9.17, 15) is 9.59 Å². The number of fused-ring (bicyclic) bond motifs is 1. The number of benzene rings is 3. The van der Waals surface area contributed by atoms with Crippen LogP contribution < -0.4 is 20.1 Å². The molecule has 0 bridgehead atoms. The molecule has 6 rings (SSSR count). The van der Waals surface area contributed by atoms with Crippen molar-refractivity contribution in [1.82, 2.24) is 14.5 Å². The van der Waals surface area contributed by atoms with Crippen molar-refractivity contribution in [3.05, 3.63) is 88.7 Å². The minimum absolute atomic E-state index is 0.0444. The Labute approximate surface area is 249 Å². The third-order valence-electron chi connectivity index (χ3n) is 7.85. The number of carbonyl (C=O) groups is 1.